The molecule has 1 spiro atoms. The van der Waals surface area contributed by atoms with Gasteiger partial charge in [-0.1, -0.05) is 38.1 Å². The van der Waals surface area contributed by atoms with E-state index in [4.69, 9.17) is 23.9 Å². The van der Waals surface area contributed by atoms with Gasteiger partial charge in [0.2, 0.25) is 5.88 Å². The second-order valence-electron chi connectivity index (χ2n) is 20.7. The van der Waals surface area contributed by atoms with Crippen LogP contribution in [0, 0.1) is 21.4 Å². The van der Waals surface area contributed by atoms with E-state index >= 15 is 0 Å². The lowest BCUT2D eigenvalue weighted by Crippen LogP contribution is -2.58. The predicted molar refractivity (Wildman–Crippen MR) is 270 cm³/mol. The first-order valence-corrected chi connectivity index (χ1v) is 26.9. The number of hydrogen-bond donors (Lipinski definition) is 3. The number of rotatable bonds is 12. The Morgan fingerprint density at radius 1 is 0.901 bits per heavy atom. The van der Waals surface area contributed by atoms with Gasteiger partial charge >= 0.3 is 0 Å². The maximum absolute atomic E-state index is 14.7. The van der Waals surface area contributed by atoms with Crippen molar-refractivity contribution >= 4 is 55.4 Å². The number of carbonyl (C=O) groups excluding carboxylic acids is 1. The summed E-state index contributed by atoms with van der Waals surface area (Å²) in [5.74, 6) is 0.239. The summed E-state index contributed by atoms with van der Waals surface area (Å²) in [6, 6.07) is 22.5. The van der Waals surface area contributed by atoms with Crippen LogP contribution in [0.2, 0.25) is 0 Å². The Balaban J connectivity index is 0.881. The van der Waals surface area contributed by atoms with Gasteiger partial charge in [0.25, 0.3) is 21.6 Å². The number of benzene rings is 3. The molecule has 2 aromatic heterocycles. The van der Waals surface area contributed by atoms with Crippen LogP contribution < -0.4 is 24.6 Å². The smallest absolute Gasteiger partial charge is 0.293 e. The molecule has 1 amide bonds. The molecule has 5 fully saturated rings. The van der Waals surface area contributed by atoms with Crippen molar-refractivity contribution in [2.24, 2.45) is 11.3 Å². The molecule has 1 aliphatic carbocycles. The molecule has 5 aliphatic heterocycles. The lowest BCUT2D eigenvalue weighted by atomic mass is 9.59. The molecule has 0 unspecified atom stereocenters. The zero-order valence-electron chi connectivity index (χ0n) is 40.5. The number of amides is 1. The molecule has 18 heteroatoms. The highest BCUT2D eigenvalue weighted by Gasteiger charge is 2.50. The molecule has 71 heavy (non-hydrogen) atoms. The lowest BCUT2D eigenvalue weighted by molar-refractivity contribution is -0.384. The Hall–Kier alpha value is -5.79. The third kappa shape index (κ3) is 9.44. The number of carbonyl (C=O) groups is 1. The highest BCUT2D eigenvalue weighted by Crippen LogP contribution is 2.54. The van der Waals surface area contributed by atoms with Crippen molar-refractivity contribution in [1.29, 1.82) is 0 Å². The first-order chi connectivity index (χ1) is 34.4. The Morgan fingerprint density at radius 2 is 1.68 bits per heavy atom. The van der Waals surface area contributed by atoms with Crippen LogP contribution in [0.5, 0.6) is 5.88 Å². The van der Waals surface area contributed by atoms with Gasteiger partial charge in [-0.2, -0.15) is 4.98 Å². The van der Waals surface area contributed by atoms with Crippen LogP contribution in [0.1, 0.15) is 98.7 Å². The number of hydrogen-bond acceptors (Lipinski definition) is 14. The third-order valence-electron chi connectivity index (χ3n) is 16.1. The van der Waals surface area contributed by atoms with E-state index < -0.39 is 31.4 Å². The van der Waals surface area contributed by atoms with Crippen molar-refractivity contribution < 1.29 is 37.1 Å². The number of aromatic nitrogens is 2. The molecule has 7 heterocycles. The molecule has 3 N–H and O–H groups in total. The number of nitrogens with zero attached hydrogens (tertiary/aromatic N) is 5. The average molecular weight is 989 g/mol. The highest BCUT2D eigenvalue weighted by molar-refractivity contribution is 7.90. The van der Waals surface area contributed by atoms with Crippen LogP contribution in [0.4, 0.5) is 28.4 Å². The summed E-state index contributed by atoms with van der Waals surface area (Å²) in [4.78, 5) is 41.3. The summed E-state index contributed by atoms with van der Waals surface area (Å²) in [7, 11) is -4.60. The Kier molecular flexibility index (Phi) is 13.2. The molecule has 5 aromatic rings. The molecule has 3 aromatic carbocycles. The summed E-state index contributed by atoms with van der Waals surface area (Å²) in [6.07, 6.45) is 8.66. The molecule has 4 saturated heterocycles. The topological polar surface area (TPSA) is 194 Å². The number of piperidine rings is 1. The number of nitro groups is 1. The largest absolute Gasteiger partial charge is 0.471 e. The van der Waals surface area contributed by atoms with Crippen molar-refractivity contribution in [1.82, 2.24) is 19.6 Å². The molecular formula is C53H64N8O9S. The van der Waals surface area contributed by atoms with E-state index in [1.807, 2.05) is 30.5 Å². The summed E-state index contributed by atoms with van der Waals surface area (Å²) in [5.41, 5.74) is 5.71. The number of nitrogens with one attached hydrogen (secondary N) is 3. The second kappa shape index (κ2) is 19.7. The monoisotopic (exact) mass is 988 g/mol. The average Bonchev–Trinajstić information content (AvgIpc) is 3.71. The van der Waals surface area contributed by atoms with Crippen molar-refractivity contribution in [3.8, 4) is 5.88 Å². The van der Waals surface area contributed by atoms with Crippen LogP contribution >= 0.6 is 0 Å². The van der Waals surface area contributed by atoms with Crippen molar-refractivity contribution in [3.05, 3.63) is 106 Å². The van der Waals surface area contributed by atoms with Crippen molar-refractivity contribution in [2.75, 3.05) is 80.9 Å². The minimum Gasteiger partial charge on any atom is -0.471 e. The van der Waals surface area contributed by atoms with E-state index in [-0.39, 0.29) is 40.8 Å². The molecular weight excluding hydrogens is 925 g/mol. The molecule has 17 nitrogen and oxygen atoms in total. The van der Waals surface area contributed by atoms with Gasteiger partial charge in [-0.25, -0.2) is 13.1 Å². The van der Waals surface area contributed by atoms with Crippen LogP contribution in [-0.4, -0.2) is 118 Å². The Labute approximate surface area is 414 Å². The molecule has 1 saturated carbocycles. The van der Waals surface area contributed by atoms with Gasteiger partial charge < -0.3 is 39.0 Å². The molecule has 3 atom stereocenters. The van der Waals surface area contributed by atoms with Gasteiger partial charge in [0, 0.05) is 81.8 Å². The lowest BCUT2D eigenvalue weighted by Gasteiger charge is -2.57. The van der Waals surface area contributed by atoms with Crippen LogP contribution in [0.15, 0.2) is 83.9 Å². The zero-order chi connectivity index (χ0) is 48.9. The number of nitro benzene ring substituents is 1. The van der Waals surface area contributed by atoms with E-state index in [1.54, 1.807) is 6.07 Å². The van der Waals surface area contributed by atoms with E-state index in [0.29, 0.717) is 87.3 Å². The van der Waals surface area contributed by atoms with E-state index in [2.05, 4.69) is 67.8 Å². The van der Waals surface area contributed by atoms with Gasteiger partial charge in [0.1, 0.15) is 23.1 Å². The fourth-order valence-electron chi connectivity index (χ4n) is 12.2. The molecule has 376 valence electrons. The third-order valence-corrected chi connectivity index (χ3v) is 17.5. The fraction of sp³-hybridized carbons (Fsp3) is 0.509. The van der Waals surface area contributed by atoms with E-state index in [1.165, 1.54) is 23.3 Å². The van der Waals surface area contributed by atoms with Gasteiger partial charge in [0.15, 0.2) is 0 Å². The van der Waals surface area contributed by atoms with Crippen LogP contribution in [-0.2, 0) is 24.2 Å². The first kappa shape index (κ1) is 47.5. The highest BCUT2D eigenvalue weighted by atomic mass is 32.2. The van der Waals surface area contributed by atoms with Crippen molar-refractivity contribution in [3.63, 3.8) is 0 Å². The minimum atomic E-state index is -4.60. The maximum atomic E-state index is 14.7. The van der Waals surface area contributed by atoms with Gasteiger partial charge in [-0.05, 0) is 116 Å². The van der Waals surface area contributed by atoms with Crippen LogP contribution in [0.25, 0.3) is 11.0 Å². The normalized spacial score (nSPS) is 23.1. The molecule has 11 rings (SSSR count). The Bertz CT molecular complexity index is 2890. The molecule has 6 aliphatic rings. The quantitative estimate of drug-likeness (QED) is 0.0796. The number of fused-ring (bicyclic) bond motifs is 3. The summed E-state index contributed by atoms with van der Waals surface area (Å²) in [6.45, 7) is 11.3. The zero-order valence-corrected chi connectivity index (χ0v) is 41.3. The van der Waals surface area contributed by atoms with Crippen molar-refractivity contribution in [2.45, 2.75) is 100 Å². The number of H-pyrrole nitrogens is 1. The Morgan fingerprint density at radius 3 is 2.46 bits per heavy atom. The standard InChI is InChI=1S/C53H64N8O9S/c1-34(2)40-5-3-4-6-41(40)48-33-69-26-21-59(48)38-30-53(31-38)16-19-58(20-17-53)37-7-9-42(45(28-37)60-44-14-24-68-25-15-49(44)70-52-47(60)27-36-11-18-54-50(36)56-52)51(62)57-71(65,66)39-8-10-43(46(29-39)61(63)64)55-32-35-12-22-67-23-13-35/h3-11,18,27-29,34-35,38,44,48-49,55H,12-17,19-26,30-33H2,1-2H3,(H,54,56)(H,57,62)/t44-,48+,49-/m1/s1. The van der Waals surface area contributed by atoms with Crippen LogP contribution in [0.3, 0.4) is 0 Å². The number of pyridine rings is 1. The number of sulfonamides is 1. The minimum absolute atomic E-state index is 0.127. The summed E-state index contributed by atoms with van der Waals surface area (Å²) in [5, 5.41) is 16.3. The SMILES string of the molecule is CC(C)c1ccccc1[C@@H]1COCCN1C1CC2(CCN(c3ccc(C(=O)NS(=O)(=O)c4ccc(NCC5CCOCC5)c([N+](=O)[O-])c4)c(N4c5cc6cc[nH]c6nc5O[C@@H]5CCOCC[C@H]54)c3)CC2)C1. The molecule has 0 radical (unpaired) electrons. The first-order valence-electron chi connectivity index (χ1n) is 25.4. The van der Waals surface area contributed by atoms with E-state index in [9.17, 15) is 23.3 Å². The van der Waals surface area contributed by atoms with Gasteiger partial charge in [-0.3, -0.25) is 19.8 Å². The predicted octanol–water partition coefficient (Wildman–Crippen LogP) is 8.45. The maximum Gasteiger partial charge on any atom is 0.293 e. The number of anilines is 4. The molecule has 0 bridgehead atoms. The number of morpholine rings is 1. The fourth-order valence-corrected chi connectivity index (χ4v) is 13.2. The number of aromatic amines is 1. The van der Waals surface area contributed by atoms with Gasteiger partial charge in [0.05, 0.1) is 53.0 Å². The second-order valence-corrected chi connectivity index (χ2v) is 22.4. The van der Waals surface area contributed by atoms with Gasteiger partial charge in [-0.15, -0.1) is 0 Å². The van der Waals surface area contributed by atoms with E-state index in [0.717, 1.165) is 81.9 Å². The summed E-state index contributed by atoms with van der Waals surface area (Å²) >= 11 is 0. The number of ether oxygens (including phenoxy) is 4. The summed E-state index contributed by atoms with van der Waals surface area (Å²) < 4.78 is 54.8.